The molecule has 1 aliphatic carbocycles. The van der Waals surface area contributed by atoms with Crippen molar-refractivity contribution >= 4 is 34.5 Å². The first-order valence-corrected chi connectivity index (χ1v) is 23.0. The topological polar surface area (TPSA) is 178 Å². The lowest BCUT2D eigenvalue weighted by Gasteiger charge is -2.50. The van der Waals surface area contributed by atoms with Gasteiger partial charge in [0, 0.05) is 93.7 Å². The van der Waals surface area contributed by atoms with Crippen LogP contribution in [0.1, 0.15) is 55.8 Å². The number of aromatic nitrogens is 7. The molecule has 4 saturated heterocycles. The van der Waals surface area contributed by atoms with Gasteiger partial charge in [-0.05, 0) is 74.6 Å². The lowest BCUT2D eigenvalue weighted by Crippen LogP contribution is -2.64. The van der Waals surface area contributed by atoms with Gasteiger partial charge in [-0.2, -0.15) is 15.5 Å². The second-order valence-corrected chi connectivity index (χ2v) is 18.1. The number of nitrogens with zero attached hydrogens (tertiary/aromatic N) is 12. The van der Waals surface area contributed by atoms with Crippen LogP contribution in [0.5, 0.6) is 0 Å². The summed E-state index contributed by atoms with van der Waals surface area (Å²) in [5.74, 6) is -0.0909. The fourth-order valence-electron chi connectivity index (χ4n) is 10.6. The van der Waals surface area contributed by atoms with Crippen molar-refractivity contribution in [2.45, 2.75) is 75.3 Å². The SMILES string of the molecule is N#Cc1cnn2cc(-c3cnn([C@H]4CC[C@H](N5CCN(c6ccc(N[C@H]7CCC(=O)NC7=O)cc6F)CC5)CC4)c3)nc(-c3ccc(N4CC5COCC(C4)N5Cc4ccccn4)nc3)c12. The molecule has 11 rings (SSSR count). The number of carbonyl (C=O) groups excluding carboxylic acids is 2. The number of carbonyl (C=O) groups is 2. The lowest BCUT2D eigenvalue weighted by molar-refractivity contribution is -0.133. The average molecular weight is 891 g/mol. The van der Waals surface area contributed by atoms with E-state index in [4.69, 9.17) is 19.8 Å². The van der Waals surface area contributed by atoms with Gasteiger partial charge < -0.3 is 19.9 Å². The van der Waals surface area contributed by atoms with E-state index >= 15 is 4.39 Å². The minimum Gasteiger partial charge on any atom is -0.378 e. The van der Waals surface area contributed by atoms with E-state index in [2.05, 4.69) is 63.3 Å². The van der Waals surface area contributed by atoms with Crippen molar-refractivity contribution in [2.24, 2.45) is 0 Å². The lowest BCUT2D eigenvalue weighted by atomic mass is 9.90. The Hall–Kier alpha value is -6.81. The largest absolute Gasteiger partial charge is 0.378 e. The zero-order valence-electron chi connectivity index (χ0n) is 36.5. The van der Waals surface area contributed by atoms with Crippen LogP contribution in [0, 0.1) is 17.1 Å². The number of imide groups is 1. The fraction of sp³-hybridized carbons (Fsp3) is 0.417. The van der Waals surface area contributed by atoms with Crippen molar-refractivity contribution < 1.29 is 18.7 Å². The Bertz CT molecular complexity index is 2760. The van der Waals surface area contributed by atoms with Crippen LogP contribution in [-0.4, -0.2) is 133 Å². The Labute approximate surface area is 381 Å². The van der Waals surface area contributed by atoms with Crippen molar-refractivity contribution in [1.82, 2.24) is 49.5 Å². The minimum atomic E-state index is -0.559. The van der Waals surface area contributed by atoms with Crippen molar-refractivity contribution in [2.75, 3.05) is 67.6 Å². The summed E-state index contributed by atoms with van der Waals surface area (Å²) >= 11 is 0. The number of nitrogens with one attached hydrogen (secondary N) is 2. The highest BCUT2D eigenvalue weighted by Gasteiger charge is 2.39. The van der Waals surface area contributed by atoms with Crippen LogP contribution < -0.4 is 20.4 Å². The standard InChI is InChI=1S/C48H51FN14O3/c49-40-19-34(55-41-10-13-45(64)57-48(41)65)5-11-43(40)59-17-15-58(16-18-59)36-6-8-37(9-7-36)62-24-33(23-53-62)42-28-63-47(32(20-50)22-54-63)46(56-42)31-4-12-44(52-21-31)60-26-38-29-66-30-39(27-60)61(38)25-35-3-1-2-14-51-35/h1-5,11-12,14,19,21-24,28,36-39,41,55H,6-10,13,15-18,25-27,29-30H2,(H,57,64,65)/t36-,37-,38?,39?,41-/m0/s1. The highest BCUT2D eigenvalue weighted by molar-refractivity contribution is 6.01. The highest BCUT2D eigenvalue weighted by atomic mass is 19.1. The predicted octanol–water partition coefficient (Wildman–Crippen LogP) is 4.67. The summed E-state index contributed by atoms with van der Waals surface area (Å²) in [7, 11) is 0. The molecule has 4 aliphatic heterocycles. The van der Waals surface area contributed by atoms with Crippen LogP contribution in [-0.2, 0) is 20.9 Å². The molecule has 1 saturated carbocycles. The van der Waals surface area contributed by atoms with Gasteiger partial charge in [0.1, 0.15) is 34.8 Å². The number of halogens is 1. The normalized spacial score (nSPS) is 24.0. The molecule has 3 atom stereocenters. The van der Waals surface area contributed by atoms with Crippen LogP contribution in [0.15, 0.2) is 85.7 Å². The number of benzene rings is 1. The van der Waals surface area contributed by atoms with Gasteiger partial charge in [-0.3, -0.25) is 34.4 Å². The van der Waals surface area contributed by atoms with Crippen LogP contribution in [0.2, 0.25) is 0 Å². The van der Waals surface area contributed by atoms with E-state index in [0.717, 1.165) is 94.1 Å². The Morgan fingerprint density at radius 3 is 2.38 bits per heavy atom. The molecular weight excluding hydrogens is 840 g/mol. The number of piperazine rings is 2. The highest BCUT2D eigenvalue weighted by Crippen LogP contribution is 2.35. The van der Waals surface area contributed by atoms with Gasteiger partial charge >= 0.3 is 0 Å². The molecule has 5 aliphatic rings. The molecule has 0 radical (unpaired) electrons. The first kappa shape index (κ1) is 41.9. The quantitative estimate of drug-likeness (QED) is 0.181. The summed E-state index contributed by atoms with van der Waals surface area (Å²) in [6.07, 6.45) is 15.8. The van der Waals surface area contributed by atoms with Crippen LogP contribution in [0.4, 0.5) is 21.6 Å². The molecule has 2 bridgehead atoms. The summed E-state index contributed by atoms with van der Waals surface area (Å²) < 4.78 is 25.2. The Morgan fingerprint density at radius 1 is 0.833 bits per heavy atom. The summed E-state index contributed by atoms with van der Waals surface area (Å²) in [5.41, 5.74) is 6.25. The molecular formula is C48H51FN14O3. The zero-order valence-corrected chi connectivity index (χ0v) is 36.5. The van der Waals surface area contributed by atoms with E-state index in [1.807, 2.05) is 49.1 Å². The average Bonchev–Trinajstić information content (AvgIpc) is 4.01. The number of hydrogen-bond donors (Lipinski definition) is 2. The third-order valence-electron chi connectivity index (χ3n) is 14.1. The predicted molar refractivity (Wildman–Crippen MR) is 244 cm³/mol. The second-order valence-electron chi connectivity index (χ2n) is 18.1. The Balaban J connectivity index is 0.722. The van der Waals surface area contributed by atoms with Crippen molar-refractivity contribution in [3.63, 3.8) is 0 Å². The molecule has 2 amide bonds. The number of amides is 2. The van der Waals surface area contributed by atoms with Crippen molar-refractivity contribution in [3.8, 4) is 28.6 Å². The van der Waals surface area contributed by atoms with E-state index in [-0.39, 0.29) is 42.2 Å². The monoisotopic (exact) mass is 890 g/mol. The van der Waals surface area contributed by atoms with Gasteiger partial charge in [-0.25, -0.2) is 18.9 Å². The number of nitriles is 1. The summed E-state index contributed by atoms with van der Waals surface area (Å²) in [4.78, 5) is 47.9. The maximum absolute atomic E-state index is 15.4. The van der Waals surface area contributed by atoms with E-state index in [1.165, 1.54) is 6.07 Å². The molecule has 9 heterocycles. The van der Waals surface area contributed by atoms with Gasteiger partial charge in [-0.15, -0.1) is 0 Å². The van der Waals surface area contributed by atoms with Crippen LogP contribution in [0.25, 0.3) is 28.0 Å². The zero-order chi connectivity index (χ0) is 44.7. The molecule has 0 spiro atoms. The molecule has 1 aromatic carbocycles. The molecule has 18 heteroatoms. The second kappa shape index (κ2) is 17.9. The van der Waals surface area contributed by atoms with Gasteiger partial charge in [-0.1, -0.05) is 6.07 Å². The molecule has 6 aromatic rings. The smallest absolute Gasteiger partial charge is 0.249 e. The first-order valence-electron chi connectivity index (χ1n) is 23.0. The number of anilines is 3. The van der Waals surface area contributed by atoms with Gasteiger partial charge in [0.15, 0.2) is 0 Å². The number of hydrogen-bond acceptors (Lipinski definition) is 14. The Morgan fingerprint density at radius 2 is 1.65 bits per heavy atom. The number of fused-ring (bicyclic) bond motifs is 3. The third-order valence-corrected chi connectivity index (χ3v) is 14.1. The summed E-state index contributed by atoms with van der Waals surface area (Å²) in [6, 6.07) is 18.1. The van der Waals surface area contributed by atoms with Gasteiger partial charge in [0.05, 0.1) is 72.7 Å². The maximum Gasteiger partial charge on any atom is 0.249 e. The first-order chi connectivity index (χ1) is 32.3. The number of piperidine rings is 1. The van der Waals surface area contributed by atoms with Gasteiger partial charge in [0.2, 0.25) is 11.8 Å². The molecule has 2 N–H and O–H groups in total. The number of rotatable bonds is 10. The van der Waals surface area contributed by atoms with E-state index in [1.54, 1.807) is 22.8 Å². The molecule has 17 nitrogen and oxygen atoms in total. The van der Waals surface area contributed by atoms with Crippen molar-refractivity contribution in [1.29, 1.82) is 5.26 Å². The summed E-state index contributed by atoms with van der Waals surface area (Å²) in [5, 5.41) is 24.8. The molecule has 338 valence electrons. The number of morpholine rings is 1. The fourth-order valence-corrected chi connectivity index (χ4v) is 10.6. The van der Waals surface area contributed by atoms with Crippen LogP contribution in [0.3, 0.4) is 0 Å². The van der Waals surface area contributed by atoms with Gasteiger partial charge in [0.25, 0.3) is 0 Å². The minimum absolute atomic E-state index is 0.228. The van der Waals surface area contributed by atoms with E-state index < -0.39 is 6.04 Å². The van der Waals surface area contributed by atoms with E-state index in [9.17, 15) is 14.9 Å². The Kier molecular flexibility index (Phi) is 11.3. The number of ether oxygens (including phenoxy) is 1. The maximum atomic E-state index is 15.4. The summed E-state index contributed by atoms with van der Waals surface area (Å²) in [6.45, 7) is 6.89. The molecule has 66 heavy (non-hydrogen) atoms. The van der Waals surface area contributed by atoms with E-state index in [0.29, 0.717) is 59.5 Å². The molecule has 5 fully saturated rings. The third kappa shape index (κ3) is 8.33. The number of pyridine rings is 2. The molecule has 2 unspecified atom stereocenters. The van der Waals surface area contributed by atoms with Crippen LogP contribution >= 0.6 is 0 Å². The molecule has 5 aromatic heterocycles. The van der Waals surface area contributed by atoms with Crippen molar-refractivity contribution in [3.05, 3.63) is 103 Å².